The van der Waals surface area contributed by atoms with Crippen molar-refractivity contribution in [1.29, 1.82) is 0 Å². The molecule has 0 radical (unpaired) electrons. The zero-order valence-corrected chi connectivity index (χ0v) is 13.4. The molecule has 3 nitrogen and oxygen atoms in total. The Morgan fingerprint density at radius 3 is 2.39 bits per heavy atom. The molecule has 0 heterocycles. The molecule has 118 valence electrons. The molecule has 0 saturated heterocycles. The maximum absolute atomic E-state index is 11.5. The van der Waals surface area contributed by atoms with Crippen LogP contribution in [0, 0.1) is 11.8 Å². The highest BCUT2D eigenvalue weighted by Gasteiger charge is 2.14. The van der Waals surface area contributed by atoms with Crippen LogP contribution in [0.15, 0.2) is 54.6 Å². The first-order chi connectivity index (χ1) is 11.2. The van der Waals surface area contributed by atoms with Crippen molar-refractivity contribution in [3.05, 3.63) is 65.7 Å². The van der Waals surface area contributed by atoms with Crippen LogP contribution in [0.4, 0.5) is 0 Å². The van der Waals surface area contributed by atoms with Gasteiger partial charge in [-0.2, -0.15) is 0 Å². The highest BCUT2D eigenvalue weighted by molar-refractivity contribution is 5.71. The normalized spacial score (nSPS) is 11.0. The third-order valence-electron chi connectivity index (χ3n) is 3.45. The molecule has 2 rings (SSSR count). The van der Waals surface area contributed by atoms with Gasteiger partial charge in [-0.3, -0.25) is 4.79 Å². The number of carbonyl (C=O) groups excluding carboxylic acids is 1. The minimum atomic E-state index is -0.262. The Hall–Kier alpha value is -2.73. The lowest BCUT2D eigenvalue weighted by atomic mass is 9.96. The molecule has 0 N–H and O–H groups in total. The summed E-state index contributed by atoms with van der Waals surface area (Å²) in [6.45, 7) is 2.29. The summed E-state index contributed by atoms with van der Waals surface area (Å²) in [6, 6.07) is 17.7. The molecule has 3 heteroatoms. The van der Waals surface area contributed by atoms with Gasteiger partial charge in [0.05, 0.1) is 19.4 Å². The van der Waals surface area contributed by atoms with Crippen LogP contribution in [0.25, 0.3) is 0 Å². The van der Waals surface area contributed by atoms with Gasteiger partial charge >= 0.3 is 5.97 Å². The van der Waals surface area contributed by atoms with E-state index >= 15 is 0 Å². The molecule has 0 bridgehead atoms. The molecule has 1 unspecified atom stereocenters. The van der Waals surface area contributed by atoms with Crippen molar-refractivity contribution in [3.63, 3.8) is 0 Å². The predicted octanol–water partition coefficient (Wildman–Crippen LogP) is 3.94. The molecule has 0 aliphatic rings. The Kier molecular flexibility index (Phi) is 6.26. The van der Waals surface area contributed by atoms with Crippen molar-refractivity contribution in [3.8, 4) is 17.6 Å². The van der Waals surface area contributed by atoms with Gasteiger partial charge in [0, 0.05) is 0 Å². The van der Waals surface area contributed by atoms with E-state index in [1.165, 1.54) is 7.11 Å². The number of hydrogen-bond acceptors (Lipinski definition) is 3. The summed E-state index contributed by atoms with van der Waals surface area (Å²) in [5.74, 6) is 6.29. The molecular formula is C20H20O3. The molecule has 0 aromatic heterocycles. The van der Waals surface area contributed by atoms with E-state index in [-0.39, 0.29) is 18.3 Å². The Morgan fingerprint density at radius 1 is 1.09 bits per heavy atom. The topological polar surface area (TPSA) is 35.5 Å². The lowest BCUT2D eigenvalue weighted by molar-refractivity contribution is -0.140. The van der Waals surface area contributed by atoms with E-state index < -0.39 is 0 Å². The molecule has 23 heavy (non-hydrogen) atoms. The van der Waals surface area contributed by atoms with Crippen molar-refractivity contribution in [2.45, 2.75) is 25.9 Å². The maximum Gasteiger partial charge on any atom is 0.307 e. The van der Waals surface area contributed by atoms with E-state index in [0.717, 1.165) is 16.9 Å². The van der Waals surface area contributed by atoms with Gasteiger partial charge in [0.1, 0.15) is 12.4 Å². The Bertz CT molecular complexity index is 678. The standard InChI is InChI=1S/C20H20O3/c1-3-7-18(14-20(21)22-2)17-10-12-19(13-11-17)23-15-16-8-5-4-6-9-16/h4-6,8-13,18H,14-15H2,1-2H3. The third-order valence-corrected chi connectivity index (χ3v) is 3.45. The lowest BCUT2D eigenvalue weighted by Crippen LogP contribution is -2.07. The Labute approximate surface area is 137 Å². The van der Waals surface area contributed by atoms with E-state index in [4.69, 9.17) is 9.47 Å². The first-order valence-corrected chi connectivity index (χ1v) is 7.48. The maximum atomic E-state index is 11.5. The van der Waals surface area contributed by atoms with Crippen LogP contribution in [0.5, 0.6) is 5.75 Å². The number of hydrogen-bond donors (Lipinski definition) is 0. The average molecular weight is 308 g/mol. The monoisotopic (exact) mass is 308 g/mol. The zero-order chi connectivity index (χ0) is 16.5. The van der Waals surface area contributed by atoms with Gasteiger partial charge in [0.25, 0.3) is 0 Å². The minimum absolute atomic E-state index is 0.157. The first-order valence-electron chi connectivity index (χ1n) is 7.48. The second kappa shape index (κ2) is 8.65. The smallest absolute Gasteiger partial charge is 0.307 e. The number of carbonyl (C=O) groups is 1. The fourth-order valence-electron chi connectivity index (χ4n) is 2.21. The summed E-state index contributed by atoms with van der Waals surface area (Å²) in [6.07, 6.45) is 0.252. The van der Waals surface area contributed by atoms with E-state index in [1.807, 2.05) is 54.6 Å². The van der Waals surface area contributed by atoms with Crippen molar-refractivity contribution in [2.24, 2.45) is 0 Å². The SMILES string of the molecule is CC#CC(CC(=O)OC)c1ccc(OCc2ccccc2)cc1. The first kappa shape index (κ1) is 16.6. The van der Waals surface area contributed by atoms with Crippen molar-refractivity contribution in [2.75, 3.05) is 7.11 Å². The van der Waals surface area contributed by atoms with Gasteiger partial charge < -0.3 is 9.47 Å². The highest BCUT2D eigenvalue weighted by atomic mass is 16.5. The van der Waals surface area contributed by atoms with Crippen LogP contribution >= 0.6 is 0 Å². The number of methoxy groups -OCH3 is 1. The van der Waals surface area contributed by atoms with Crippen LogP contribution in [0.2, 0.25) is 0 Å². The van der Waals surface area contributed by atoms with Crippen LogP contribution < -0.4 is 4.74 Å². The van der Waals surface area contributed by atoms with Crippen LogP contribution in [-0.2, 0) is 16.1 Å². The molecule has 0 aliphatic carbocycles. The Balaban J connectivity index is 2.01. The number of esters is 1. The van der Waals surface area contributed by atoms with E-state index in [1.54, 1.807) is 6.92 Å². The van der Waals surface area contributed by atoms with Crippen molar-refractivity contribution >= 4 is 5.97 Å². The molecule has 0 saturated carbocycles. The van der Waals surface area contributed by atoms with Gasteiger partial charge in [0.15, 0.2) is 0 Å². The summed E-state index contributed by atoms with van der Waals surface area (Å²) in [5, 5.41) is 0. The highest BCUT2D eigenvalue weighted by Crippen LogP contribution is 2.23. The van der Waals surface area contributed by atoms with Gasteiger partial charge in [-0.1, -0.05) is 48.4 Å². The fraction of sp³-hybridized carbons (Fsp3) is 0.250. The van der Waals surface area contributed by atoms with Gasteiger partial charge in [-0.05, 0) is 30.2 Å². The largest absolute Gasteiger partial charge is 0.489 e. The summed E-state index contributed by atoms with van der Waals surface area (Å²) in [4.78, 5) is 11.5. The number of benzene rings is 2. The molecule has 2 aromatic carbocycles. The third kappa shape index (κ3) is 5.19. The second-order valence-corrected chi connectivity index (χ2v) is 5.07. The Morgan fingerprint density at radius 2 is 1.78 bits per heavy atom. The molecule has 0 spiro atoms. The lowest BCUT2D eigenvalue weighted by Gasteiger charge is -2.11. The summed E-state index contributed by atoms with van der Waals surface area (Å²) in [7, 11) is 1.39. The van der Waals surface area contributed by atoms with Crippen molar-refractivity contribution in [1.82, 2.24) is 0 Å². The average Bonchev–Trinajstić information content (AvgIpc) is 2.61. The quantitative estimate of drug-likeness (QED) is 0.599. The van der Waals surface area contributed by atoms with Gasteiger partial charge in [-0.15, -0.1) is 5.92 Å². The van der Waals surface area contributed by atoms with E-state index in [9.17, 15) is 4.79 Å². The molecule has 1 atom stereocenters. The van der Waals surface area contributed by atoms with Gasteiger partial charge in [0.2, 0.25) is 0 Å². The predicted molar refractivity (Wildman–Crippen MR) is 90.0 cm³/mol. The van der Waals surface area contributed by atoms with E-state index in [2.05, 4.69) is 11.8 Å². The molecule has 2 aromatic rings. The zero-order valence-electron chi connectivity index (χ0n) is 13.4. The van der Waals surface area contributed by atoms with Crippen molar-refractivity contribution < 1.29 is 14.3 Å². The molecule has 0 amide bonds. The van der Waals surface area contributed by atoms with E-state index in [0.29, 0.717) is 6.61 Å². The molecule has 0 aliphatic heterocycles. The van der Waals surface area contributed by atoms with Crippen LogP contribution in [0.1, 0.15) is 30.4 Å². The summed E-state index contributed by atoms with van der Waals surface area (Å²) < 4.78 is 10.5. The number of rotatable bonds is 6. The van der Waals surface area contributed by atoms with Crippen LogP contribution in [0.3, 0.4) is 0 Å². The van der Waals surface area contributed by atoms with Gasteiger partial charge in [-0.25, -0.2) is 0 Å². The fourth-order valence-corrected chi connectivity index (χ4v) is 2.21. The molecule has 0 fully saturated rings. The van der Waals surface area contributed by atoms with Crippen LogP contribution in [-0.4, -0.2) is 13.1 Å². The molecular weight excluding hydrogens is 288 g/mol. The second-order valence-electron chi connectivity index (χ2n) is 5.07. The minimum Gasteiger partial charge on any atom is -0.489 e. The number of ether oxygens (including phenoxy) is 2. The summed E-state index contributed by atoms with van der Waals surface area (Å²) >= 11 is 0. The summed E-state index contributed by atoms with van der Waals surface area (Å²) in [5.41, 5.74) is 2.11.